The fourth-order valence-corrected chi connectivity index (χ4v) is 3.62. The standard InChI is InChI=1S/C20H32N4O2.C2H2O4/c25-20(17-21-9-12-23-13-15-26-16-14-23)22-18-7-3-4-8-19(18)24-10-5-1-2-6-11-24;3-1(4)2(5)6/h3-4,7-8,21H,1-2,5-6,9-17H2,(H,22,25);(H,3,4)(H,5,6). The van der Waals surface area contributed by atoms with Crippen molar-refractivity contribution in [2.75, 3.05) is 69.2 Å². The second-order valence-corrected chi connectivity index (χ2v) is 7.71. The van der Waals surface area contributed by atoms with Crippen LogP contribution in [0.4, 0.5) is 11.4 Å². The number of morpholine rings is 1. The van der Waals surface area contributed by atoms with Crippen molar-refractivity contribution in [1.29, 1.82) is 0 Å². The Morgan fingerprint density at radius 2 is 1.53 bits per heavy atom. The Labute approximate surface area is 188 Å². The summed E-state index contributed by atoms with van der Waals surface area (Å²) in [6, 6.07) is 8.16. The molecular weight excluding hydrogens is 416 g/mol. The van der Waals surface area contributed by atoms with Gasteiger partial charge >= 0.3 is 11.9 Å². The molecule has 4 N–H and O–H groups in total. The van der Waals surface area contributed by atoms with Crippen LogP contribution in [0, 0.1) is 0 Å². The molecule has 0 unspecified atom stereocenters. The highest BCUT2D eigenvalue weighted by molar-refractivity contribution is 6.27. The summed E-state index contributed by atoms with van der Waals surface area (Å²) < 4.78 is 5.35. The van der Waals surface area contributed by atoms with Gasteiger partial charge in [-0.25, -0.2) is 9.59 Å². The van der Waals surface area contributed by atoms with Crippen LogP contribution < -0.4 is 15.5 Å². The predicted octanol–water partition coefficient (Wildman–Crippen LogP) is 1.08. The molecule has 178 valence electrons. The summed E-state index contributed by atoms with van der Waals surface area (Å²) in [5, 5.41) is 21.1. The number of carboxylic acid groups (broad SMARTS) is 2. The number of amides is 1. The average Bonchev–Trinajstić information content (AvgIpc) is 3.08. The van der Waals surface area contributed by atoms with Crippen molar-refractivity contribution in [2.24, 2.45) is 0 Å². The molecule has 0 saturated carbocycles. The minimum Gasteiger partial charge on any atom is -0.473 e. The van der Waals surface area contributed by atoms with Crippen molar-refractivity contribution in [3.63, 3.8) is 0 Å². The highest BCUT2D eigenvalue weighted by atomic mass is 16.5. The van der Waals surface area contributed by atoms with E-state index in [1.54, 1.807) is 0 Å². The fourth-order valence-electron chi connectivity index (χ4n) is 3.62. The summed E-state index contributed by atoms with van der Waals surface area (Å²) in [6.45, 7) is 7.87. The molecule has 2 aliphatic heterocycles. The lowest BCUT2D eigenvalue weighted by Crippen LogP contribution is -2.41. The highest BCUT2D eigenvalue weighted by Crippen LogP contribution is 2.27. The number of hydrogen-bond acceptors (Lipinski definition) is 7. The van der Waals surface area contributed by atoms with E-state index in [-0.39, 0.29) is 5.91 Å². The number of aliphatic carboxylic acids is 2. The highest BCUT2D eigenvalue weighted by Gasteiger charge is 2.15. The number of para-hydroxylation sites is 2. The molecule has 2 fully saturated rings. The third-order valence-corrected chi connectivity index (χ3v) is 5.30. The molecular formula is C22H34N4O6. The fraction of sp³-hybridized carbons (Fsp3) is 0.591. The number of carbonyl (C=O) groups is 3. The lowest BCUT2D eigenvalue weighted by atomic mass is 10.2. The van der Waals surface area contributed by atoms with Gasteiger partial charge in [-0.2, -0.15) is 0 Å². The zero-order valence-electron chi connectivity index (χ0n) is 18.4. The monoisotopic (exact) mass is 450 g/mol. The maximum absolute atomic E-state index is 12.3. The van der Waals surface area contributed by atoms with E-state index in [9.17, 15) is 4.79 Å². The maximum atomic E-state index is 12.3. The van der Waals surface area contributed by atoms with Crippen LogP contribution in [0.2, 0.25) is 0 Å². The smallest absolute Gasteiger partial charge is 0.414 e. The molecule has 2 saturated heterocycles. The van der Waals surface area contributed by atoms with Crippen LogP contribution in [0.25, 0.3) is 0 Å². The first-order valence-electron chi connectivity index (χ1n) is 11.1. The van der Waals surface area contributed by atoms with E-state index < -0.39 is 11.9 Å². The SMILES string of the molecule is O=C(CNCCN1CCOCC1)Nc1ccccc1N1CCCCCC1.O=C(O)C(=O)O. The molecule has 1 aromatic rings. The Morgan fingerprint density at radius 1 is 0.906 bits per heavy atom. The van der Waals surface area contributed by atoms with E-state index in [1.165, 1.54) is 25.7 Å². The first kappa shape index (κ1) is 25.6. The molecule has 0 spiro atoms. The van der Waals surface area contributed by atoms with Crippen molar-refractivity contribution in [3.05, 3.63) is 24.3 Å². The van der Waals surface area contributed by atoms with E-state index >= 15 is 0 Å². The van der Waals surface area contributed by atoms with Crippen LogP contribution in [-0.4, -0.2) is 92.0 Å². The van der Waals surface area contributed by atoms with Crippen molar-refractivity contribution >= 4 is 29.2 Å². The molecule has 10 nitrogen and oxygen atoms in total. The molecule has 0 aliphatic carbocycles. The van der Waals surface area contributed by atoms with Crippen LogP contribution in [0.15, 0.2) is 24.3 Å². The summed E-state index contributed by atoms with van der Waals surface area (Å²) in [6.07, 6.45) is 5.06. The number of benzene rings is 1. The van der Waals surface area contributed by atoms with Gasteiger partial charge in [0.15, 0.2) is 0 Å². The zero-order valence-corrected chi connectivity index (χ0v) is 18.4. The van der Waals surface area contributed by atoms with Gasteiger partial charge < -0.3 is 30.5 Å². The van der Waals surface area contributed by atoms with Gasteiger partial charge in [-0.05, 0) is 25.0 Å². The number of ether oxygens (including phenoxy) is 1. The van der Waals surface area contributed by atoms with E-state index in [0.29, 0.717) is 6.54 Å². The molecule has 0 atom stereocenters. The van der Waals surface area contributed by atoms with E-state index in [4.69, 9.17) is 24.5 Å². The number of rotatable bonds is 7. The van der Waals surface area contributed by atoms with E-state index in [2.05, 4.69) is 32.6 Å². The van der Waals surface area contributed by atoms with Gasteiger partial charge in [-0.1, -0.05) is 25.0 Å². The number of nitrogens with zero attached hydrogens (tertiary/aromatic N) is 2. The van der Waals surface area contributed by atoms with Gasteiger partial charge in [-0.15, -0.1) is 0 Å². The molecule has 10 heteroatoms. The van der Waals surface area contributed by atoms with E-state index in [0.717, 1.165) is 63.9 Å². The summed E-state index contributed by atoms with van der Waals surface area (Å²) >= 11 is 0. The first-order valence-corrected chi connectivity index (χ1v) is 11.1. The van der Waals surface area contributed by atoms with Gasteiger partial charge in [0, 0.05) is 39.3 Å². The van der Waals surface area contributed by atoms with Gasteiger partial charge in [0.1, 0.15) is 0 Å². The van der Waals surface area contributed by atoms with Crippen molar-refractivity contribution in [1.82, 2.24) is 10.2 Å². The lowest BCUT2D eigenvalue weighted by molar-refractivity contribution is -0.159. The molecule has 0 bridgehead atoms. The molecule has 2 heterocycles. The second-order valence-electron chi connectivity index (χ2n) is 7.71. The van der Waals surface area contributed by atoms with Gasteiger partial charge in [0.25, 0.3) is 0 Å². The van der Waals surface area contributed by atoms with Crippen LogP contribution in [0.5, 0.6) is 0 Å². The average molecular weight is 451 g/mol. The number of hydrogen-bond donors (Lipinski definition) is 4. The summed E-state index contributed by atoms with van der Waals surface area (Å²) in [5.41, 5.74) is 2.07. The number of nitrogens with one attached hydrogen (secondary N) is 2. The number of carbonyl (C=O) groups excluding carboxylic acids is 1. The molecule has 1 aromatic carbocycles. The first-order chi connectivity index (χ1) is 15.5. The Morgan fingerprint density at radius 3 is 2.16 bits per heavy atom. The van der Waals surface area contributed by atoms with Crippen LogP contribution >= 0.6 is 0 Å². The molecule has 0 aromatic heterocycles. The van der Waals surface area contributed by atoms with Gasteiger partial charge in [0.2, 0.25) is 5.91 Å². The Kier molecular flexibility index (Phi) is 11.5. The Bertz CT molecular complexity index is 719. The third kappa shape index (κ3) is 9.63. The van der Waals surface area contributed by atoms with Crippen molar-refractivity contribution < 1.29 is 29.3 Å². The molecule has 32 heavy (non-hydrogen) atoms. The van der Waals surface area contributed by atoms with Crippen LogP contribution in [0.3, 0.4) is 0 Å². The third-order valence-electron chi connectivity index (χ3n) is 5.30. The maximum Gasteiger partial charge on any atom is 0.414 e. The minimum absolute atomic E-state index is 0.0225. The van der Waals surface area contributed by atoms with E-state index in [1.807, 2.05) is 12.1 Å². The topological polar surface area (TPSA) is 131 Å². The van der Waals surface area contributed by atoms with Gasteiger partial charge in [0.05, 0.1) is 31.1 Å². The molecule has 1 amide bonds. The molecule has 3 rings (SSSR count). The normalized spacial score (nSPS) is 16.9. The summed E-state index contributed by atoms with van der Waals surface area (Å²) in [4.78, 5) is 35.3. The lowest BCUT2D eigenvalue weighted by Gasteiger charge is -2.26. The quantitative estimate of drug-likeness (QED) is 0.356. The Balaban J connectivity index is 0.000000534. The van der Waals surface area contributed by atoms with Crippen LogP contribution in [-0.2, 0) is 19.1 Å². The predicted molar refractivity (Wildman–Crippen MR) is 121 cm³/mol. The number of anilines is 2. The molecule has 2 aliphatic rings. The second kappa shape index (κ2) is 14.4. The largest absolute Gasteiger partial charge is 0.473 e. The number of carboxylic acids is 2. The van der Waals surface area contributed by atoms with Crippen molar-refractivity contribution in [2.45, 2.75) is 25.7 Å². The summed E-state index contributed by atoms with van der Waals surface area (Å²) in [7, 11) is 0. The summed E-state index contributed by atoms with van der Waals surface area (Å²) in [5.74, 6) is -3.63. The molecule has 0 radical (unpaired) electrons. The van der Waals surface area contributed by atoms with Crippen molar-refractivity contribution in [3.8, 4) is 0 Å². The van der Waals surface area contributed by atoms with Crippen LogP contribution in [0.1, 0.15) is 25.7 Å². The van der Waals surface area contributed by atoms with Gasteiger partial charge in [-0.3, -0.25) is 9.69 Å². The zero-order chi connectivity index (χ0) is 23.2. The minimum atomic E-state index is -1.82. The Hall–Kier alpha value is -2.69.